The molecule has 1 aliphatic rings. The van der Waals surface area contributed by atoms with Crippen molar-refractivity contribution in [3.05, 3.63) is 0 Å². The van der Waals surface area contributed by atoms with E-state index < -0.39 is 0 Å². The molecule has 0 aromatic rings. The number of unbranched alkanes of at least 4 members (excludes halogenated alkanes) is 1. The number of nitriles is 1. The molecule has 4 nitrogen and oxygen atoms in total. The molecule has 0 aromatic heterocycles. The second kappa shape index (κ2) is 9.33. The lowest BCUT2D eigenvalue weighted by Crippen LogP contribution is -2.41. The molecule has 0 spiro atoms. The van der Waals surface area contributed by atoms with Gasteiger partial charge in [0, 0.05) is 13.7 Å². The molecule has 1 fully saturated rings. The van der Waals surface area contributed by atoms with E-state index in [0.717, 1.165) is 32.5 Å². The zero-order valence-electron chi connectivity index (χ0n) is 13.5. The van der Waals surface area contributed by atoms with Gasteiger partial charge in [0.15, 0.2) is 0 Å². The zero-order chi connectivity index (χ0) is 14.8. The molecule has 1 saturated heterocycles. The molecule has 1 aliphatic heterocycles. The van der Waals surface area contributed by atoms with Gasteiger partial charge in [0.2, 0.25) is 0 Å². The standard InChI is InChI=1S/C16H31N3O/c1-4-18-16(2,14-17)9-5-6-10-19-11-7-8-15(12-19)13-20-3/h15,18H,4-13H2,1-3H3. The third kappa shape index (κ3) is 6.21. The maximum Gasteiger partial charge on any atom is 0.103 e. The van der Waals surface area contributed by atoms with Gasteiger partial charge < -0.3 is 9.64 Å². The van der Waals surface area contributed by atoms with Crippen LogP contribution in [0.25, 0.3) is 0 Å². The van der Waals surface area contributed by atoms with Crippen molar-refractivity contribution in [1.82, 2.24) is 10.2 Å². The molecule has 2 unspecified atom stereocenters. The molecule has 0 aromatic carbocycles. The Morgan fingerprint density at radius 2 is 2.25 bits per heavy atom. The van der Waals surface area contributed by atoms with Crippen LogP contribution in [-0.2, 0) is 4.74 Å². The van der Waals surface area contributed by atoms with Crippen molar-refractivity contribution < 1.29 is 4.74 Å². The Balaban J connectivity index is 2.19. The smallest absolute Gasteiger partial charge is 0.103 e. The van der Waals surface area contributed by atoms with Crippen LogP contribution >= 0.6 is 0 Å². The Hall–Kier alpha value is -0.630. The minimum Gasteiger partial charge on any atom is -0.384 e. The van der Waals surface area contributed by atoms with Crippen LogP contribution < -0.4 is 5.32 Å². The first-order valence-corrected chi connectivity index (χ1v) is 8.01. The SMILES string of the molecule is CCNC(C)(C#N)CCCCN1CCCC(COC)C1. The lowest BCUT2D eigenvalue weighted by atomic mass is 9.95. The van der Waals surface area contributed by atoms with Gasteiger partial charge in [0.1, 0.15) is 5.54 Å². The van der Waals surface area contributed by atoms with Gasteiger partial charge in [0.25, 0.3) is 0 Å². The highest BCUT2D eigenvalue weighted by atomic mass is 16.5. The fourth-order valence-corrected chi connectivity index (χ4v) is 3.11. The van der Waals surface area contributed by atoms with Gasteiger partial charge in [-0.15, -0.1) is 0 Å². The highest BCUT2D eigenvalue weighted by molar-refractivity contribution is 5.03. The Morgan fingerprint density at radius 3 is 2.90 bits per heavy atom. The van der Waals surface area contributed by atoms with Gasteiger partial charge in [-0.1, -0.05) is 6.92 Å². The number of likely N-dealkylation sites (tertiary alicyclic amines) is 1. The van der Waals surface area contributed by atoms with Crippen LogP contribution in [0.1, 0.15) is 46.0 Å². The fraction of sp³-hybridized carbons (Fsp3) is 0.938. The van der Waals surface area contributed by atoms with Gasteiger partial charge in [-0.3, -0.25) is 5.32 Å². The number of ether oxygens (including phenoxy) is 1. The van der Waals surface area contributed by atoms with Crippen molar-refractivity contribution in [3.8, 4) is 6.07 Å². The topological polar surface area (TPSA) is 48.3 Å². The lowest BCUT2D eigenvalue weighted by Gasteiger charge is -2.32. The number of rotatable bonds is 9. The number of nitrogens with zero attached hydrogens (tertiary/aromatic N) is 2. The minimum absolute atomic E-state index is 0.352. The Labute approximate surface area is 124 Å². The molecule has 0 aliphatic carbocycles. The van der Waals surface area contributed by atoms with E-state index in [1.165, 1.54) is 32.4 Å². The summed E-state index contributed by atoms with van der Waals surface area (Å²) in [7, 11) is 1.79. The fourth-order valence-electron chi connectivity index (χ4n) is 3.11. The summed E-state index contributed by atoms with van der Waals surface area (Å²) in [4.78, 5) is 2.56. The van der Waals surface area contributed by atoms with E-state index in [2.05, 4.69) is 23.2 Å². The minimum atomic E-state index is -0.352. The molecule has 1 rings (SSSR count). The van der Waals surface area contributed by atoms with Gasteiger partial charge >= 0.3 is 0 Å². The normalized spacial score (nSPS) is 23.2. The predicted octanol–water partition coefficient (Wildman–Crippen LogP) is 2.41. The van der Waals surface area contributed by atoms with Crippen LogP contribution in [0, 0.1) is 17.2 Å². The summed E-state index contributed by atoms with van der Waals surface area (Å²) in [5, 5.41) is 12.5. The van der Waals surface area contributed by atoms with Crippen molar-refractivity contribution in [1.29, 1.82) is 5.26 Å². The molecule has 0 bridgehead atoms. The van der Waals surface area contributed by atoms with Crippen LogP contribution in [0.4, 0.5) is 0 Å². The monoisotopic (exact) mass is 281 g/mol. The summed E-state index contributed by atoms with van der Waals surface area (Å²) in [5.41, 5.74) is -0.352. The molecule has 2 atom stereocenters. The molecule has 0 amide bonds. The van der Waals surface area contributed by atoms with E-state index >= 15 is 0 Å². The summed E-state index contributed by atoms with van der Waals surface area (Å²) in [6.45, 7) is 9.37. The third-order valence-electron chi connectivity index (χ3n) is 4.22. The number of nitrogens with one attached hydrogen (secondary N) is 1. The molecule has 1 N–H and O–H groups in total. The maximum atomic E-state index is 9.22. The average Bonchev–Trinajstić information content (AvgIpc) is 2.45. The second-order valence-electron chi connectivity index (χ2n) is 6.20. The van der Waals surface area contributed by atoms with E-state index in [9.17, 15) is 5.26 Å². The second-order valence-corrected chi connectivity index (χ2v) is 6.20. The molecular formula is C16H31N3O. The van der Waals surface area contributed by atoms with Crippen LogP contribution in [0.5, 0.6) is 0 Å². The van der Waals surface area contributed by atoms with E-state index in [4.69, 9.17) is 4.74 Å². The van der Waals surface area contributed by atoms with E-state index in [1.807, 2.05) is 6.92 Å². The van der Waals surface area contributed by atoms with Crippen molar-refractivity contribution >= 4 is 0 Å². The molecular weight excluding hydrogens is 250 g/mol. The van der Waals surface area contributed by atoms with Gasteiger partial charge in [-0.2, -0.15) is 5.26 Å². The van der Waals surface area contributed by atoms with E-state index in [0.29, 0.717) is 5.92 Å². The third-order valence-corrected chi connectivity index (χ3v) is 4.22. The largest absolute Gasteiger partial charge is 0.384 e. The number of hydrogen-bond acceptors (Lipinski definition) is 4. The summed E-state index contributed by atoms with van der Waals surface area (Å²) >= 11 is 0. The van der Waals surface area contributed by atoms with Gasteiger partial charge in [-0.05, 0) is 64.6 Å². The average molecular weight is 281 g/mol. The first-order chi connectivity index (χ1) is 9.63. The number of hydrogen-bond donors (Lipinski definition) is 1. The maximum absolute atomic E-state index is 9.22. The summed E-state index contributed by atoms with van der Waals surface area (Å²) in [6, 6.07) is 2.40. The first kappa shape index (κ1) is 17.4. The van der Waals surface area contributed by atoms with Crippen LogP contribution in [0.2, 0.25) is 0 Å². The molecule has 0 radical (unpaired) electrons. The van der Waals surface area contributed by atoms with Crippen molar-refractivity contribution in [2.75, 3.05) is 39.9 Å². The van der Waals surface area contributed by atoms with Gasteiger partial charge in [-0.25, -0.2) is 0 Å². The Morgan fingerprint density at radius 1 is 1.45 bits per heavy atom. The molecule has 116 valence electrons. The lowest BCUT2D eigenvalue weighted by molar-refractivity contribution is 0.0896. The van der Waals surface area contributed by atoms with E-state index in [1.54, 1.807) is 7.11 Å². The van der Waals surface area contributed by atoms with Crippen molar-refractivity contribution in [3.63, 3.8) is 0 Å². The highest BCUT2D eigenvalue weighted by Gasteiger charge is 2.22. The predicted molar refractivity (Wildman–Crippen MR) is 82.6 cm³/mol. The van der Waals surface area contributed by atoms with Crippen LogP contribution in [-0.4, -0.2) is 50.3 Å². The van der Waals surface area contributed by atoms with E-state index in [-0.39, 0.29) is 5.54 Å². The molecule has 0 saturated carbocycles. The Bertz CT molecular complexity index is 301. The zero-order valence-corrected chi connectivity index (χ0v) is 13.5. The number of piperidine rings is 1. The molecule has 4 heteroatoms. The quantitative estimate of drug-likeness (QED) is 0.659. The van der Waals surface area contributed by atoms with Crippen LogP contribution in [0.3, 0.4) is 0 Å². The summed E-state index contributed by atoms with van der Waals surface area (Å²) in [6.07, 6.45) is 5.83. The van der Waals surface area contributed by atoms with Gasteiger partial charge in [0.05, 0.1) is 12.7 Å². The summed E-state index contributed by atoms with van der Waals surface area (Å²) in [5.74, 6) is 0.708. The van der Waals surface area contributed by atoms with Crippen LogP contribution in [0.15, 0.2) is 0 Å². The van der Waals surface area contributed by atoms with Crippen molar-refractivity contribution in [2.45, 2.75) is 51.5 Å². The number of methoxy groups -OCH3 is 1. The molecule has 20 heavy (non-hydrogen) atoms. The highest BCUT2D eigenvalue weighted by Crippen LogP contribution is 2.18. The molecule has 1 heterocycles. The first-order valence-electron chi connectivity index (χ1n) is 8.01. The summed E-state index contributed by atoms with van der Waals surface area (Å²) < 4.78 is 5.27. The Kier molecular flexibility index (Phi) is 8.13. The van der Waals surface area contributed by atoms with Crippen molar-refractivity contribution in [2.24, 2.45) is 5.92 Å².